The molecular formula is C25H27BrN4O. The van der Waals surface area contributed by atoms with Crippen LogP contribution in [-0.4, -0.2) is 22.0 Å². The van der Waals surface area contributed by atoms with Gasteiger partial charge in [0.2, 0.25) is 0 Å². The lowest BCUT2D eigenvalue weighted by Gasteiger charge is -2.31. The zero-order valence-corrected chi connectivity index (χ0v) is 19.0. The zero-order valence-electron chi connectivity index (χ0n) is 17.4. The second-order valence-electron chi connectivity index (χ2n) is 8.04. The number of carbonyl (C=O) groups excluding carboxylic acids is 1. The van der Waals surface area contributed by atoms with Crippen molar-refractivity contribution >= 4 is 22.0 Å². The molecule has 1 fully saturated rings. The van der Waals surface area contributed by atoms with Gasteiger partial charge in [-0.05, 0) is 53.8 Å². The van der Waals surface area contributed by atoms with Crippen molar-refractivity contribution in [2.75, 3.05) is 0 Å². The van der Waals surface area contributed by atoms with E-state index in [0.29, 0.717) is 0 Å². The summed E-state index contributed by atoms with van der Waals surface area (Å²) >= 11 is 3.58. The topological polar surface area (TPSA) is 66.9 Å². The second-order valence-corrected chi connectivity index (χ2v) is 8.95. The summed E-state index contributed by atoms with van der Waals surface area (Å²) in [5.74, 6) is -0.131. The molecule has 2 amide bonds. The van der Waals surface area contributed by atoms with Gasteiger partial charge in [-0.15, -0.1) is 0 Å². The van der Waals surface area contributed by atoms with E-state index in [9.17, 15) is 4.79 Å². The van der Waals surface area contributed by atoms with Gasteiger partial charge >= 0.3 is 6.03 Å². The maximum absolute atomic E-state index is 13.1. The highest BCUT2D eigenvalue weighted by Gasteiger charge is 2.29. The minimum absolute atomic E-state index is 0.130. The van der Waals surface area contributed by atoms with Gasteiger partial charge in [-0.1, -0.05) is 59.5 Å². The number of amides is 2. The van der Waals surface area contributed by atoms with Crippen LogP contribution in [-0.2, 0) is 0 Å². The molecule has 0 bridgehead atoms. The van der Waals surface area contributed by atoms with E-state index in [4.69, 9.17) is 0 Å². The highest BCUT2D eigenvalue weighted by Crippen LogP contribution is 2.37. The standard InChI is InChI=1S/C25H27BrN4O/c26-21-10-4-7-18(15-21)24(30-25(31)29-22-11-2-1-3-12-22)23(19-8-5-13-27-16-19)20-9-6-14-28-17-20/h4-10,13-17,22-24H,1-3,11-12H2,(H2,29,30,31). The van der Waals surface area contributed by atoms with Crippen molar-refractivity contribution in [2.24, 2.45) is 0 Å². The van der Waals surface area contributed by atoms with E-state index in [1.807, 2.05) is 36.7 Å². The number of urea groups is 1. The maximum Gasteiger partial charge on any atom is 0.315 e. The van der Waals surface area contributed by atoms with Gasteiger partial charge in [0, 0.05) is 41.2 Å². The van der Waals surface area contributed by atoms with Gasteiger partial charge in [-0.25, -0.2) is 4.79 Å². The Balaban J connectivity index is 1.69. The lowest BCUT2D eigenvalue weighted by Crippen LogP contribution is -2.45. The Morgan fingerprint density at radius 1 is 0.903 bits per heavy atom. The third kappa shape index (κ3) is 5.70. The molecule has 5 nitrogen and oxygen atoms in total. The Labute approximate surface area is 191 Å². The molecule has 4 rings (SSSR count). The van der Waals surface area contributed by atoms with Crippen molar-refractivity contribution in [3.05, 3.63) is 94.5 Å². The average molecular weight is 479 g/mol. The molecule has 1 unspecified atom stereocenters. The summed E-state index contributed by atoms with van der Waals surface area (Å²) in [7, 11) is 0. The van der Waals surface area contributed by atoms with Crippen molar-refractivity contribution < 1.29 is 4.79 Å². The molecule has 1 aliphatic rings. The van der Waals surface area contributed by atoms with Crippen LogP contribution in [0.4, 0.5) is 4.79 Å². The van der Waals surface area contributed by atoms with Crippen LogP contribution >= 0.6 is 15.9 Å². The summed E-state index contributed by atoms with van der Waals surface area (Å²) in [6.45, 7) is 0. The summed E-state index contributed by atoms with van der Waals surface area (Å²) in [4.78, 5) is 21.8. The number of benzene rings is 1. The number of carbonyl (C=O) groups is 1. The third-order valence-corrected chi connectivity index (χ3v) is 6.35. The van der Waals surface area contributed by atoms with Gasteiger partial charge in [-0.2, -0.15) is 0 Å². The van der Waals surface area contributed by atoms with Crippen LogP contribution in [0.5, 0.6) is 0 Å². The van der Waals surface area contributed by atoms with E-state index in [1.165, 1.54) is 19.3 Å². The lowest BCUT2D eigenvalue weighted by atomic mass is 9.83. The van der Waals surface area contributed by atoms with Crippen LogP contribution in [0.25, 0.3) is 0 Å². The highest BCUT2D eigenvalue weighted by molar-refractivity contribution is 9.10. The smallest absolute Gasteiger partial charge is 0.315 e. The van der Waals surface area contributed by atoms with Crippen LogP contribution in [0, 0.1) is 0 Å². The minimum Gasteiger partial charge on any atom is -0.335 e. The first kappa shape index (κ1) is 21.5. The predicted octanol–water partition coefficient (Wildman–Crippen LogP) is 5.74. The third-order valence-electron chi connectivity index (χ3n) is 5.86. The fourth-order valence-corrected chi connectivity index (χ4v) is 4.79. The summed E-state index contributed by atoms with van der Waals surface area (Å²) in [6.07, 6.45) is 13.0. The Morgan fingerprint density at radius 3 is 2.13 bits per heavy atom. The number of hydrogen-bond acceptors (Lipinski definition) is 3. The zero-order chi connectivity index (χ0) is 21.5. The molecule has 0 saturated heterocycles. The molecule has 1 aromatic carbocycles. The predicted molar refractivity (Wildman–Crippen MR) is 126 cm³/mol. The first-order chi connectivity index (χ1) is 15.2. The Hall–Kier alpha value is -2.73. The molecule has 2 N–H and O–H groups in total. The van der Waals surface area contributed by atoms with Crippen LogP contribution in [0.1, 0.15) is 60.8 Å². The van der Waals surface area contributed by atoms with E-state index in [2.05, 4.69) is 60.8 Å². The molecule has 1 aliphatic carbocycles. The molecule has 2 aromatic heterocycles. The van der Waals surface area contributed by atoms with Gasteiger partial charge in [-0.3, -0.25) is 9.97 Å². The van der Waals surface area contributed by atoms with Crippen LogP contribution in [0.15, 0.2) is 77.8 Å². The lowest BCUT2D eigenvalue weighted by molar-refractivity contribution is 0.227. The Morgan fingerprint density at radius 2 is 1.55 bits per heavy atom. The molecule has 0 spiro atoms. The number of nitrogens with one attached hydrogen (secondary N) is 2. The second kappa shape index (κ2) is 10.5. The Bertz CT molecular complexity index is 938. The summed E-state index contributed by atoms with van der Waals surface area (Å²) < 4.78 is 0.973. The minimum atomic E-state index is -0.283. The highest BCUT2D eigenvalue weighted by atomic mass is 79.9. The molecule has 6 heteroatoms. The van der Waals surface area contributed by atoms with Crippen molar-refractivity contribution in [3.8, 4) is 0 Å². The molecule has 0 radical (unpaired) electrons. The molecular weight excluding hydrogens is 452 g/mol. The maximum atomic E-state index is 13.1. The number of pyridine rings is 2. The molecule has 1 saturated carbocycles. The van der Waals surface area contributed by atoms with E-state index in [-0.39, 0.29) is 24.0 Å². The van der Waals surface area contributed by atoms with Crippen LogP contribution < -0.4 is 10.6 Å². The normalized spacial score (nSPS) is 15.4. The quantitative estimate of drug-likeness (QED) is 0.474. The first-order valence-corrected chi connectivity index (χ1v) is 11.6. The van der Waals surface area contributed by atoms with Crippen LogP contribution in [0.2, 0.25) is 0 Å². The molecule has 2 heterocycles. The molecule has 1 atom stereocenters. The van der Waals surface area contributed by atoms with Crippen molar-refractivity contribution in [2.45, 2.75) is 50.1 Å². The summed E-state index contributed by atoms with van der Waals surface area (Å²) in [6, 6.07) is 15.9. The van der Waals surface area contributed by atoms with Gasteiger partial charge in [0.05, 0.1) is 6.04 Å². The molecule has 0 aliphatic heterocycles. The van der Waals surface area contributed by atoms with E-state index in [0.717, 1.165) is 34.0 Å². The van der Waals surface area contributed by atoms with Gasteiger partial charge < -0.3 is 10.6 Å². The van der Waals surface area contributed by atoms with Gasteiger partial charge in [0.15, 0.2) is 0 Å². The van der Waals surface area contributed by atoms with Crippen molar-refractivity contribution in [1.82, 2.24) is 20.6 Å². The number of rotatable bonds is 6. The number of nitrogens with zero attached hydrogens (tertiary/aromatic N) is 2. The molecule has 3 aromatic rings. The number of hydrogen-bond donors (Lipinski definition) is 2. The monoisotopic (exact) mass is 478 g/mol. The fourth-order valence-electron chi connectivity index (χ4n) is 4.37. The summed E-state index contributed by atoms with van der Waals surface area (Å²) in [5.41, 5.74) is 3.07. The van der Waals surface area contributed by atoms with E-state index >= 15 is 0 Å². The molecule has 160 valence electrons. The average Bonchev–Trinajstić information content (AvgIpc) is 2.81. The number of halogens is 1. The largest absolute Gasteiger partial charge is 0.335 e. The van der Waals surface area contributed by atoms with Crippen molar-refractivity contribution in [3.63, 3.8) is 0 Å². The summed E-state index contributed by atoms with van der Waals surface area (Å²) in [5, 5.41) is 6.48. The van der Waals surface area contributed by atoms with Crippen LogP contribution in [0.3, 0.4) is 0 Å². The molecule has 31 heavy (non-hydrogen) atoms. The SMILES string of the molecule is O=C(NC1CCCCC1)NC(c1cccc(Br)c1)C(c1cccnc1)c1cccnc1. The fraction of sp³-hybridized carbons (Fsp3) is 0.320. The van der Waals surface area contributed by atoms with E-state index in [1.54, 1.807) is 12.4 Å². The van der Waals surface area contributed by atoms with E-state index < -0.39 is 0 Å². The van der Waals surface area contributed by atoms with Gasteiger partial charge in [0.1, 0.15) is 0 Å². The number of aromatic nitrogens is 2. The first-order valence-electron chi connectivity index (χ1n) is 10.8. The Kier molecular flexibility index (Phi) is 7.30. The van der Waals surface area contributed by atoms with Gasteiger partial charge in [0.25, 0.3) is 0 Å². The van der Waals surface area contributed by atoms with Crippen molar-refractivity contribution in [1.29, 1.82) is 0 Å².